The molecule has 0 amide bonds. The van der Waals surface area contributed by atoms with E-state index in [9.17, 15) is 4.79 Å². The molecule has 0 saturated carbocycles. The average Bonchev–Trinajstić information content (AvgIpc) is 2.43. The van der Waals surface area contributed by atoms with Crippen LogP contribution >= 0.6 is 0 Å². The molecular formula is C24H40O2. The summed E-state index contributed by atoms with van der Waals surface area (Å²) >= 11 is 0. The highest BCUT2D eigenvalue weighted by atomic mass is 16.5. The highest BCUT2D eigenvalue weighted by Crippen LogP contribution is 2.38. The Bertz CT molecular complexity index is 594. The third kappa shape index (κ3) is 5.59. The molecule has 1 unspecified atom stereocenters. The van der Waals surface area contributed by atoms with Crippen LogP contribution in [0, 0.1) is 17.3 Å². The number of carbonyl (C=O) groups is 1. The fourth-order valence-electron chi connectivity index (χ4n) is 3.15. The van der Waals surface area contributed by atoms with Crippen LogP contribution in [0.15, 0.2) is 18.2 Å². The molecule has 0 spiro atoms. The van der Waals surface area contributed by atoms with Crippen LogP contribution in [0.1, 0.15) is 93.7 Å². The molecular weight excluding hydrogens is 320 g/mol. The molecule has 148 valence electrons. The summed E-state index contributed by atoms with van der Waals surface area (Å²) in [6.07, 6.45) is 0.828. The highest BCUT2D eigenvalue weighted by Gasteiger charge is 2.39. The Morgan fingerprint density at radius 1 is 0.846 bits per heavy atom. The smallest absolute Gasteiger partial charge is 0.317 e. The third-order valence-corrected chi connectivity index (χ3v) is 5.42. The predicted molar refractivity (Wildman–Crippen MR) is 112 cm³/mol. The zero-order valence-electron chi connectivity index (χ0n) is 18.9. The van der Waals surface area contributed by atoms with Crippen LogP contribution in [0.2, 0.25) is 0 Å². The predicted octanol–water partition coefficient (Wildman–Crippen LogP) is 6.90. The number of hydrogen-bond donors (Lipinski definition) is 0. The molecule has 0 bridgehead atoms. The standard InChI is InChI=1S/C24H40O2/c1-16(2)15-24(11,17(3)4)21(25)26-20-13-18(22(5,6)7)12-19(14-20)23(8,9)10/h12-14,16-17H,15H2,1-11H3. The summed E-state index contributed by atoms with van der Waals surface area (Å²) in [5, 5.41) is 0. The molecule has 1 rings (SSSR count). The Kier molecular flexibility index (Phi) is 6.77. The first-order chi connectivity index (χ1) is 11.6. The van der Waals surface area contributed by atoms with Crippen molar-refractivity contribution in [3.05, 3.63) is 29.3 Å². The Balaban J connectivity index is 3.32. The minimum atomic E-state index is -0.478. The molecule has 0 aliphatic rings. The fraction of sp³-hybridized carbons (Fsp3) is 0.708. The van der Waals surface area contributed by atoms with Crippen molar-refractivity contribution >= 4 is 5.97 Å². The van der Waals surface area contributed by atoms with Gasteiger partial charge >= 0.3 is 5.97 Å². The second-order valence-corrected chi connectivity index (χ2v) is 10.8. The molecule has 0 heterocycles. The van der Waals surface area contributed by atoms with E-state index in [0.717, 1.165) is 6.42 Å². The molecule has 2 heteroatoms. The van der Waals surface area contributed by atoms with Crippen LogP contribution < -0.4 is 4.74 Å². The van der Waals surface area contributed by atoms with Gasteiger partial charge in [-0.2, -0.15) is 0 Å². The van der Waals surface area contributed by atoms with E-state index in [1.54, 1.807) is 0 Å². The lowest BCUT2D eigenvalue weighted by molar-refractivity contribution is -0.148. The number of esters is 1. The first-order valence-corrected chi connectivity index (χ1v) is 9.95. The van der Waals surface area contributed by atoms with Gasteiger partial charge in [0, 0.05) is 0 Å². The van der Waals surface area contributed by atoms with E-state index in [-0.39, 0.29) is 22.7 Å². The molecule has 2 nitrogen and oxygen atoms in total. The Morgan fingerprint density at radius 2 is 1.27 bits per heavy atom. The molecule has 0 radical (unpaired) electrons. The highest BCUT2D eigenvalue weighted by molar-refractivity contribution is 5.79. The van der Waals surface area contributed by atoms with E-state index in [0.29, 0.717) is 11.7 Å². The maximum Gasteiger partial charge on any atom is 0.317 e. The minimum absolute atomic E-state index is 0.00169. The number of hydrogen-bond acceptors (Lipinski definition) is 2. The second-order valence-electron chi connectivity index (χ2n) is 10.8. The van der Waals surface area contributed by atoms with Gasteiger partial charge in [-0.15, -0.1) is 0 Å². The maximum atomic E-state index is 13.1. The van der Waals surface area contributed by atoms with Crippen molar-refractivity contribution in [2.45, 2.75) is 93.4 Å². The summed E-state index contributed by atoms with van der Waals surface area (Å²) in [6, 6.07) is 6.31. The van der Waals surface area contributed by atoms with E-state index in [4.69, 9.17) is 4.74 Å². The van der Waals surface area contributed by atoms with Gasteiger partial charge in [-0.25, -0.2) is 0 Å². The molecule has 0 aliphatic carbocycles. The summed E-state index contributed by atoms with van der Waals surface area (Å²) in [7, 11) is 0. The van der Waals surface area contributed by atoms with Gasteiger partial charge in [-0.05, 0) is 59.3 Å². The number of carbonyl (C=O) groups excluding carboxylic acids is 1. The molecule has 0 aromatic heterocycles. The zero-order chi connectivity index (χ0) is 20.5. The fourth-order valence-corrected chi connectivity index (χ4v) is 3.15. The number of ether oxygens (including phenoxy) is 1. The molecule has 0 N–H and O–H groups in total. The molecule has 1 aromatic rings. The lowest BCUT2D eigenvalue weighted by Gasteiger charge is -2.33. The Hall–Kier alpha value is -1.31. The van der Waals surface area contributed by atoms with Crippen LogP contribution in [-0.2, 0) is 15.6 Å². The van der Waals surface area contributed by atoms with Crippen molar-refractivity contribution in [1.29, 1.82) is 0 Å². The van der Waals surface area contributed by atoms with Crippen molar-refractivity contribution in [2.24, 2.45) is 17.3 Å². The molecule has 26 heavy (non-hydrogen) atoms. The summed E-state index contributed by atoms with van der Waals surface area (Å²) in [5.41, 5.74) is 1.92. The second kappa shape index (κ2) is 7.74. The average molecular weight is 361 g/mol. The van der Waals surface area contributed by atoms with Crippen molar-refractivity contribution in [1.82, 2.24) is 0 Å². The Labute approximate surface area is 161 Å². The third-order valence-electron chi connectivity index (χ3n) is 5.42. The summed E-state index contributed by atoms with van der Waals surface area (Å²) < 4.78 is 5.97. The van der Waals surface area contributed by atoms with Crippen molar-refractivity contribution in [2.75, 3.05) is 0 Å². The van der Waals surface area contributed by atoms with E-state index >= 15 is 0 Å². The molecule has 0 saturated heterocycles. The summed E-state index contributed by atoms with van der Waals surface area (Å²) in [6.45, 7) is 23.7. The van der Waals surface area contributed by atoms with Crippen LogP contribution in [-0.4, -0.2) is 5.97 Å². The van der Waals surface area contributed by atoms with E-state index < -0.39 is 5.41 Å². The van der Waals surface area contributed by atoms with Crippen LogP contribution in [0.4, 0.5) is 0 Å². The van der Waals surface area contributed by atoms with Gasteiger partial charge in [0.1, 0.15) is 5.75 Å². The topological polar surface area (TPSA) is 26.3 Å². The van der Waals surface area contributed by atoms with Crippen LogP contribution in [0.3, 0.4) is 0 Å². The minimum Gasteiger partial charge on any atom is -0.426 e. The van der Waals surface area contributed by atoms with Gasteiger partial charge in [0.2, 0.25) is 0 Å². The van der Waals surface area contributed by atoms with Crippen molar-refractivity contribution in [3.63, 3.8) is 0 Å². The lowest BCUT2D eigenvalue weighted by Crippen LogP contribution is -2.38. The quantitative estimate of drug-likeness (QED) is 0.422. The molecule has 0 aliphatic heterocycles. The molecule has 1 aromatic carbocycles. The largest absolute Gasteiger partial charge is 0.426 e. The van der Waals surface area contributed by atoms with E-state index in [1.807, 2.05) is 19.1 Å². The number of rotatable bonds is 5. The van der Waals surface area contributed by atoms with Crippen molar-refractivity contribution < 1.29 is 9.53 Å². The lowest BCUT2D eigenvalue weighted by atomic mass is 9.73. The van der Waals surface area contributed by atoms with Gasteiger partial charge in [0.05, 0.1) is 5.41 Å². The SMILES string of the molecule is CC(C)CC(C)(C(=O)Oc1cc(C(C)(C)C)cc(C(C)(C)C)c1)C(C)C. The zero-order valence-corrected chi connectivity index (χ0v) is 18.9. The molecule has 1 atom stereocenters. The molecule has 0 fully saturated rings. The summed E-state index contributed by atoms with van der Waals surface area (Å²) in [4.78, 5) is 13.1. The Morgan fingerprint density at radius 3 is 1.58 bits per heavy atom. The van der Waals surface area contributed by atoms with Crippen LogP contribution in [0.25, 0.3) is 0 Å². The monoisotopic (exact) mass is 360 g/mol. The normalized spacial score (nSPS) is 15.3. The van der Waals surface area contributed by atoms with Gasteiger partial charge in [-0.1, -0.05) is 75.3 Å². The van der Waals surface area contributed by atoms with Crippen molar-refractivity contribution in [3.8, 4) is 5.75 Å². The van der Waals surface area contributed by atoms with Gasteiger partial charge < -0.3 is 4.74 Å². The van der Waals surface area contributed by atoms with E-state index in [1.165, 1.54) is 11.1 Å². The van der Waals surface area contributed by atoms with Gasteiger partial charge in [-0.3, -0.25) is 4.79 Å². The number of benzene rings is 1. The first kappa shape index (κ1) is 22.7. The van der Waals surface area contributed by atoms with Gasteiger partial charge in [0.15, 0.2) is 0 Å². The van der Waals surface area contributed by atoms with Gasteiger partial charge in [0.25, 0.3) is 0 Å². The maximum absolute atomic E-state index is 13.1. The van der Waals surface area contributed by atoms with Crippen LogP contribution in [0.5, 0.6) is 5.75 Å². The first-order valence-electron chi connectivity index (χ1n) is 9.95. The van der Waals surface area contributed by atoms with E-state index in [2.05, 4.69) is 75.3 Å². The summed E-state index contributed by atoms with van der Waals surface area (Å²) in [5.74, 6) is 1.22.